The number of aryl methyl sites for hydroxylation is 1. The van der Waals surface area contributed by atoms with E-state index in [1.165, 1.54) is 16.9 Å². The molecule has 3 aliphatic rings. The minimum Gasteiger partial charge on any atom is -0.481 e. The van der Waals surface area contributed by atoms with Crippen molar-refractivity contribution >= 4 is 45.4 Å². The molecule has 4 heterocycles. The average Bonchev–Trinajstić information content (AvgIpc) is 3.50. The van der Waals surface area contributed by atoms with Gasteiger partial charge in [0.25, 0.3) is 11.8 Å². The molecule has 2 saturated heterocycles. The van der Waals surface area contributed by atoms with Crippen LogP contribution in [0.4, 0.5) is 13.2 Å². The third-order valence-corrected chi connectivity index (χ3v) is 11.3. The summed E-state index contributed by atoms with van der Waals surface area (Å²) >= 11 is 1.32. The molecule has 0 saturated carbocycles. The predicted octanol–water partition coefficient (Wildman–Crippen LogP) is 5.23. The summed E-state index contributed by atoms with van der Waals surface area (Å²) in [6.07, 6.45) is -0.195. The second kappa shape index (κ2) is 16.1. The summed E-state index contributed by atoms with van der Waals surface area (Å²) in [5.41, 5.74) is 4.48. The first-order chi connectivity index (χ1) is 24.8. The zero-order valence-corrected chi connectivity index (χ0v) is 31.1. The molecule has 5 N–H and O–H groups in total. The van der Waals surface area contributed by atoms with Crippen LogP contribution in [-0.4, -0.2) is 93.3 Å². The smallest absolute Gasteiger partial charge is 0.481 e. The van der Waals surface area contributed by atoms with Gasteiger partial charge in [0.1, 0.15) is 10.3 Å². The topological polar surface area (TPSA) is 174 Å². The molecule has 0 bridgehead atoms. The van der Waals surface area contributed by atoms with Gasteiger partial charge >= 0.3 is 18.1 Å². The Morgan fingerprint density at radius 2 is 1.72 bits per heavy atom. The van der Waals surface area contributed by atoms with Crippen LogP contribution in [0.15, 0.2) is 30.3 Å². The van der Waals surface area contributed by atoms with Crippen LogP contribution in [0.1, 0.15) is 96.4 Å². The molecule has 2 aliphatic heterocycles. The Morgan fingerprint density at radius 1 is 1.04 bits per heavy atom. The predicted molar refractivity (Wildman–Crippen MR) is 193 cm³/mol. The molecule has 2 aromatic heterocycles. The van der Waals surface area contributed by atoms with Gasteiger partial charge in [-0.05, 0) is 99.2 Å². The summed E-state index contributed by atoms with van der Waals surface area (Å²) < 4.78 is 31.7. The van der Waals surface area contributed by atoms with Crippen LogP contribution in [-0.2, 0) is 22.4 Å². The molecule has 53 heavy (non-hydrogen) atoms. The molecule has 2 fully saturated rings. The highest BCUT2D eigenvalue weighted by atomic mass is 32.1. The van der Waals surface area contributed by atoms with Gasteiger partial charge < -0.3 is 31.1 Å². The number of nitrogens with zero attached hydrogens (tertiary/aromatic N) is 3. The molecule has 288 valence electrons. The van der Waals surface area contributed by atoms with E-state index >= 15 is 0 Å². The second-order valence-corrected chi connectivity index (χ2v) is 16.5. The fourth-order valence-electron chi connectivity index (χ4n) is 6.94. The first-order valence-electron chi connectivity index (χ1n) is 17.8. The minimum atomic E-state index is -5.08. The Bertz CT molecular complexity index is 1830. The molecular weight excluding hydrogens is 714 g/mol. The fraction of sp³-hybridized carbons (Fsp3) is 0.568. The number of carbonyl (C=O) groups is 4. The average molecular weight is 761 g/mol. The van der Waals surface area contributed by atoms with Gasteiger partial charge in [0.15, 0.2) is 5.01 Å². The molecule has 6 rings (SSSR count). The maximum absolute atomic E-state index is 13.8. The lowest BCUT2D eigenvalue weighted by molar-refractivity contribution is -0.192. The highest BCUT2D eigenvalue weighted by Crippen LogP contribution is 2.38. The van der Waals surface area contributed by atoms with Gasteiger partial charge in [-0.2, -0.15) is 13.2 Å². The summed E-state index contributed by atoms with van der Waals surface area (Å²) in [5.74, 6) is -3.60. The molecule has 16 heteroatoms. The van der Waals surface area contributed by atoms with Crippen LogP contribution in [0, 0.1) is 17.3 Å². The molecule has 12 nitrogen and oxygen atoms in total. The van der Waals surface area contributed by atoms with E-state index in [1.807, 2.05) is 25.1 Å². The van der Waals surface area contributed by atoms with Crippen LogP contribution in [0.5, 0.6) is 0 Å². The number of fused-ring (bicyclic) bond motifs is 2. The normalized spacial score (nSPS) is 19.6. The Hall–Kier alpha value is -4.15. The van der Waals surface area contributed by atoms with Crippen molar-refractivity contribution in [3.63, 3.8) is 0 Å². The molecule has 1 aromatic carbocycles. The number of aromatic nitrogens is 2. The Labute approximate surface area is 310 Å². The van der Waals surface area contributed by atoms with Gasteiger partial charge in [0, 0.05) is 30.9 Å². The third-order valence-electron chi connectivity index (χ3n) is 10.4. The maximum atomic E-state index is 13.8. The van der Waals surface area contributed by atoms with E-state index in [0.717, 1.165) is 54.0 Å². The van der Waals surface area contributed by atoms with E-state index in [-0.39, 0.29) is 34.7 Å². The minimum absolute atomic E-state index is 0.137. The number of nitrogens with one attached hydrogen (secondary N) is 3. The zero-order valence-electron chi connectivity index (χ0n) is 30.3. The van der Waals surface area contributed by atoms with Gasteiger partial charge in [0.2, 0.25) is 0 Å². The number of amides is 2. The van der Waals surface area contributed by atoms with Crippen molar-refractivity contribution < 1.29 is 42.6 Å². The number of piperidine rings is 1. The lowest BCUT2D eigenvalue weighted by Crippen LogP contribution is -2.67. The summed E-state index contributed by atoms with van der Waals surface area (Å²) in [6, 6.07) is 9.24. The molecule has 2 amide bonds. The van der Waals surface area contributed by atoms with Crippen molar-refractivity contribution in [2.24, 2.45) is 17.3 Å². The molecule has 3 aromatic rings. The van der Waals surface area contributed by atoms with Gasteiger partial charge in [-0.1, -0.05) is 44.2 Å². The Kier molecular flexibility index (Phi) is 12.1. The van der Waals surface area contributed by atoms with Crippen molar-refractivity contribution in [1.29, 1.82) is 0 Å². The van der Waals surface area contributed by atoms with Crippen LogP contribution in [0.2, 0.25) is 0 Å². The summed E-state index contributed by atoms with van der Waals surface area (Å²) in [7, 11) is 0. The van der Waals surface area contributed by atoms with E-state index in [4.69, 9.17) is 19.9 Å². The van der Waals surface area contributed by atoms with Crippen LogP contribution in [0.3, 0.4) is 0 Å². The number of likely N-dealkylation sites (tertiary alicyclic amines) is 1. The largest absolute Gasteiger partial charge is 0.490 e. The Morgan fingerprint density at radius 3 is 2.30 bits per heavy atom. The number of hydrogen-bond donors (Lipinski definition) is 5. The summed E-state index contributed by atoms with van der Waals surface area (Å²) in [4.78, 5) is 60.0. The van der Waals surface area contributed by atoms with Gasteiger partial charge in [-0.15, -0.1) is 0 Å². The second-order valence-electron chi connectivity index (χ2n) is 15.6. The molecule has 1 aliphatic carbocycles. The lowest BCUT2D eigenvalue weighted by atomic mass is 9.71. The van der Waals surface area contributed by atoms with E-state index in [2.05, 4.69) is 47.7 Å². The van der Waals surface area contributed by atoms with E-state index in [0.29, 0.717) is 55.4 Å². The van der Waals surface area contributed by atoms with E-state index in [9.17, 15) is 32.7 Å². The van der Waals surface area contributed by atoms with Gasteiger partial charge in [-0.3, -0.25) is 14.4 Å². The van der Waals surface area contributed by atoms with Gasteiger partial charge in [0.05, 0.1) is 17.5 Å². The summed E-state index contributed by atoms with van der Waals surface area (Å²) in [5, 5.41) is 26.5. The summed E-state index contributed by atoms with van der Waals surface area (Å²) in [6.45, 7) is 12.5. The molecule has 2 atom stereocenters. The number of carboxylic acids is 2. The number of benzene rings is 1. The van der Waals surface area contributed by atoms with Crippen LogP contribution >= 0.6 is 11.3 Å². The number of aliphatic carboxylic acids is 2. The zero-order chi connectivity index (χ0) is 38.7. The van der Waals surface area contributed by atoms with Crippen LogP contribution < -0.4 is 16.0 Å². The third kappa shape index (κ3) is 10.3. The first kappa shape index (κ1) is 40.0. The number of carboxylic acid groups (broad SMARTS) is 2. The molecule has 0 spiro atoms. The molecule has 0 radical (unpaired) electrons. The monoisotopic (exact) mass is 760 g/mol. The highest BCUT2D eigenvalue weighted by molar-refractivity contribution is 7.19. The van der Waals surface area contributed by atoms with E-state index in [1.54, 1.807) is 6.07 Å². The number of rotatable bonds is 9. The van der Waals surface area contributed by atoms with Gasteiger partial charge in [-0.25, -0.2) is 14.8 Å². The lowest BCUT2D eigenvalue weighted by Gasteiger charge is -2.40. The highest BCUT2D eigenvalue weighted by Gasteiger charge is 2.38. The maximum Gasteiger partial charge on any atom is 0.490 e. The number of alkyl halides is 3. The van der Waals surface area contributed by atoms with Crippen molar-refractivity contribution in [2.45, 2.75) is 84.0 Å². The number of pyridine rings is 1. The van der Waals surface area contributed by atoms with E-state index < -0.39 is 18.1 Å². The van der Waals surface area contributed by atoms with Crippen molar-refractivity contribution in [1.82, 2.24) is 30.8 Å². The van der Waals surface area contributed by atoms with Crippen molar-refractivity contribution in [3.05, 3.63) is 57.7 Å². The quantitative estimate of drug-likeness (QED) is 0.195. The SMILES string of the molecule is CC1(NC(=O)c2cccc([C@@H](CCN3CCC(C(=O)O)CC3)NC(=O)c3nc4cc5c(nc4s3)CC[C@H](C(C)(C)C)C5)c2)CNC1.O=C(O)C(F)(F)F. The number of halogens is 3. The fourth-order valence-corrected chi connectivity index (χ4v) is 7.78. The Balaban J connectivity index is 0.000000705. The number of hydrogen-bond acceptors (Lipinski definition) is 9. The standard InChI is InChI=1S/C35H46N6O4S.C2HF3O2/c1-34(2,3)25-8-9-26-24(17-25)18-28-31(38-26)46-32(39-28)30(43)37-27(12-15-41-13-10-21(11-14-41)33(44)45)22-6-5-7-23(16-22)29(42)40-35(4)19-36-20-35;3-2(4,5)1(6)7/h5-7,16,18,21,25,27,36H,8-15,17,19-20H2,1-4H3,(H,37,43)(H,40,42)(H,44,45);(H,6,7)/t25-,27+;/m0./s1. The molecule has 0 unspecified atom stereocenters. The van der Waals surface area contributed by atoms with Crippen LogP contribution in [0.25, 0.3) is 10.3 Å². The number of thiazole rings is 1. The molecular formula is C37H47F3N6O6S. The van der Waals surface area contributed by atoms with Crippen molar-refractivity contribution in [2.75, 3.05) is 32.7 Å². The van der Waals surface area contributed by atoms with Crippen molar-refractivity contribution in [3.8, 4) is 0 Å². The first-order valence-corrected chi connectivity index (χ1v) is 18.6. The number of carbonyl (C=O) groups excluding carboxylic acids is 2.